The zero-order valence-electron chi connectivity index (χ0n) is 24.5. The predicted octanol–water partition coefficient (Wildman–Crippen LogP) is 1.42. The van der Waals surface area contributed by atoms with Crippen LogP contribution in [0, 0.1) is 0 Å². The van der Waals surface area contributed by atoms with Gasteiger partial charge in [0.05, 0.1) is 6.04 Å². The van der Waals surface area contributed by atoms with Gasteiger partial charge >= 0.3 is 5.97 Å². The van der Waals surface area contributed by atoms with Crippen molar-refractivity contribution in [1.82, 2.24) is 16.0 Å². The molecular formula is C33H41N5O6. The molecule has 0 aliphatic heterocycles. The molecule has 234 valence electrons. The monoisotopic (exact) mass is 603 g/mol. The number of rotatable bonds is 17. The van der Waals surface area contributed by atoms with Crippen molar-refractivity contribution in [3.8, 4) is 5.75 Å². The molecule has 0 aliphatic carbocycles. The van der Waals surface area contributed by atoms with Crippen molar-refractivity contribution in [2.45, 2.75) is 62.7 Å². The lowest BCUT2D eigenvalue weighted by atomic mass is 10.0. The van der Waals surface area contributed by atoms with E-state index in [-0.39, 0.29) is 31.4 Å². The quantitative estimate of drug-likeness (QED) is 0.112. The fourth-order valence-electron chi connectivity index (χ4n) is 4.67. The second-order valence-electron chi connectivity index (χ2n) is 10.7. The zero-order valence-corrected chi connectivity index (χ0v) is 24.5. The average molecular weight is 604 g/mol. The van der Waals surface area contributed by atoms with E-state index < -0.39 is 47.9 Å². The lowest BCUT2D eigenvalue weighted by Crippen LogP contribution is -2.58. The first kappa shape index (κ1) is 33.8. The van der Waals surface area contributed by atoms with E-state index in [1.165, 1.54) is 12.1 Å². The van der Waals surface area contributed by atoms with Crippen molar-refractivity contribution >= 4 is 23.7 Å². The number of hydrogen-bond donors (Lipinski definition) is 7. The molecule has 0 heterocycles. The number of aromatic hydroxyl groups is 1. The molecule has 0 saturated heterocycles. The minimum absolute atomic E-state index is 0.0886. The van der Waals surface area contributed by atoms with Crippen LogP contribution < -0.4 is 27.4 Å². The second-order valence-corrected chi connectivity index (χ2v) is 10.7. The first-order valence-electron chi connectivity index (χ1n) is 14.6. The first-order valence-corrected chi connectivity index (χ1v) is 14.6. The van der Waals surface area contributed by atoms with Crippen LogP contribution in [0.25, 0.3) is 0 Å². The Kier molecular flexibility index (Phi) is 13.3. The number of carbonyl (C=O) groups excluding carboxylic acids is 3. The number of hydrogen-bond acceptors (Lipinski definition) is 7. The summed E-state index contributed by atoms with van der Waals surface area (Å²) in [6, 6.07) is 20.1. The third-order valence-corrected chi connectivity index (χ3v) is 7.12. The van der Waals surface area contributed by atoms with Gasteiger partial charge in [0, 0.05) is 12.8 Å². The topological polar surface area (TPSA) is 197 Å². The first-order chi connectivity index (χ1) is 21.2. The van der Waals surface area contributed by atoms with Crippen LogP contribution in [0.2, 0.25) is 0 Å². The smallest absolute Gasteiger partial charge is 0.326 e. The van der Waals surface area contributed by atoms with Crippen LogP contribution in [0.5, 0.6) is 5.75 Å². The molecule has 0 aromatic heterocycles. The maximum Gasteiger partial charge on any atom is 0.326 e. The Hall–Kier alpha value is -4.74. The summed E-state index contributed by atoms with van der Waals surface area (Å²) < 4.78 is 0. The number of aliphatic carboxylic acids is 1. The number of phenols is 1. The predicted molar refractivity (Wildman–Crippen MR) is 166 cm³/mol. The fourth-order valence-corrected chi connectivity index (χ4v) is 4.67. The van der Waals surface area contributed by atoms with E-state index in [2.05, 4.69) is 16.0 Å². The zero-order chi connectivity index (χ0) is 31.9. The number of carbonyl (C=O) groups is 4. The van der Waals surface area contributed by atoms with Crippen molar-refractivity contribution < 1.29 is 29.4 Å². The number of phenolic OH excluding ortho intramolecular Hbond substituents is 1. The van der Waals surface area contributed by atoms with E-state index >= 15 is 0 Å². The molecule has 3 rings (SSSR count). The van der Waals surface area contributed by atoms with Gasteiger partial charge in [-0.2, -0.15) is 0 Å². The highest BCUT2D eigenvalue weighted by Crippen LogP contribution is 2.12. The van der Waals surface area contributed by atoms with E-state index in [9.17, 15) is 29.4 Å². The minimum Gasteiger partial charge on any atom is -0.508 e. The number of nitrogens with one attached hydrogen (secondary N) is 3. The van der Waals surface area contributed by atoms with Gasteiger partial charge in [0.1, 0.15) is 23.9 Å². The number of carboxylic acid groups (broad SMARTS) is 1. The molecular weight excluding hydrogens is 562 g/mol. The average Bonchev–Trinajstić information content (AvgIpc) is 3.01. The number of nitrogens with two attached hydrogens (primary N) is 2. The van der Waals surface area contributed by atoms with Crippen LogP contribution in [-0.4, -0.2) is 64.6 Å². The van der Waals surface area contributed by atoms with Crippen LogP contribution in [0.3, 0.4) is 0 Å². The standard InChI is InChI=1S/C33H41N5O6/c34-18-8-7-13-27(33(43)44)36-31(41)29(21-23-11-5-2-6-12-23)38-32(42)28(20-22-9-3-1-4-10-22)37-30(40)26(35)19-24-14-16-25(39)17-15-24/h1-6,9-12,14-17,26-29,39H,7-8,13,18-21,34-35H2,(H,36,41)(H,37,40)(H,38,42)(H,43,44). The third kappa shape index (κ3) is 11.2. The van der Waals surface area contributed by atoms with Gasteiger partial charge in [-0.3, -0.25) is 14.4 Å². The summed E-state index contributed by atoms with van der Waals surface area (Å²) in [5.74, 6) is -2.94. The van der Waals surface area contributed by atoms with Crippen LogP contribution in [0.1, 0.15) is 36.0 Å². The molecule has 0 fully saturated rings. The molecule has 0 bridgehead atoms. The molecule has 0 radical (unpaired) electrons. The molecule has 44 heavy (non-hydrogen) atoms. The Balaban J connectivity index is 1.80. The largest absolute Gasteiger partial charge is 0.508 e. The molecule has 3 aromatic rings. The van der Waals surface area contributed by atoms with E-state index in [1.807, 2.05) is 36.4 Å². The molecule has 0 aliphatic rings. The molecule has 11 nitrogen and oxygen atoms in total. The van der Waals surface area contributed by atoms with Gasteiger partial charge in [-0.15, -0.1) is 0 Å². The van der Waals surface area contributed by atoms with Crippen LogP contribution >= 0.6 is 0 Å². The Morgan fingerprint density at radius 1 is 0.614 bits per heavy atom. The van der Waals surface area contributed by atoms with Gasteiger partial charge in [0.15, 0.2) is 0 Å². The molecule has 0 spiro atoms. The molecule has 9 N–H and O–H groups in total. The summed E-state index contributed by atoms with van der Waals surface area (Å²) in [6.07, 6.45) is 1.71. The Morgan fingerprint density at radius 2 is 1.07 bits per heavy atom. The highest BCUT2D eigenvalue weighted by atomic mass is 16.4. The number of amides is 3. The molecule has 4 unspecified atom stereocenters. The number of benzene rings is 3. The van der Waals surface area contributed by atoms with Gasteiger partial charge in [-0.1, -0.05) is 72.8 Å². The van der Waals surface area contributed by atoms with Crippen LogP contribution in [0.15, 0.2) is 84.9 Å². The van der Waals surface area contributed by atoms with Crippen LogP contribution in [-0.2, 0) is 38.4 Å². The summed E-state index contributed by atoms with van der Waals surface area (Å²) in [4.78, 5) is 52.2. The highest BCUT2D eigenvalue weighted by molar-refractivity contribution is 5.94. The van der Waals surface area contributed by atoms with Gasteiger partial charge in [0.25, 0.3) is 0 Å². The molecule has 4 atom stereocenters. The van der Waals surface area contributed by atoms with Crippen molar-refractivity contribution in [3.05, 3.63) is 102 Å². The number of carboxylic acids is 1. The van der Waals surface area contributed by atoms with Gasteiger partial charge < -0.3 is 37.6 Å². The third-order valence-electron chi connectivity index (χ3n) is 7.12. The normalized spacial score (nSPS) is 13.6. The minimum atomic E-state index is -1.18. The second kappa shape index (κ2) is 17.4. The fraction of sp³-hybridized carbons (Fsp3) is 0.333. The van der Waals surface area contributed by atoms with Gasteiger partial charge in [-0.05, 0) is 61.1 Å². The van der Waals surface area contributed by atoms with Crippen LogP contribution in [0.4, 0.5) is 0 Å². The Bertz CT molecular complexity index is 1350. The van der Waals surface area contributed by atoms with E-state index in [1.54, 1.807) is 36.4 Å². The lowest BCUT2D eigenvalue weighted by molar-refractivity contribution is -0.142. The van der Waals surface area contributed by atoms with Gasteiger partial charge in [0.2, 0.25) is 17.7 Å². The van der Waals surface area contributed by atoms with Crippen molar-refractivity contribution in [2.24, 2.45) is 11.5 Å². The maximum atomic E-state index is 13.7. The molecule has 0 saturated carbocycles. The lowest BCUT2D eigenvalue weighted by Gasteiger charge is -2.25. The SMILES string of the molecule is NCCCCC(NC(=O)C(Cc1ccccc1)NC(=O)C(Cc1ccccc1)NC(=O)C(N)Cc1ccc(O)cc1)C(=O)O. The highest BCUT2D eigenvalue weighted by Gasteiger charge is 2.30. The molecule has 3 aromatic carbocycles. The maximum absolute atomic E-state index is 13.7. The van der Waals surface area contributed by atoms with E-state index in [0.717, 1.165) is 16.7 Å². The Morgan fingerprint density at radius 3 is 1.55 bits per heavy atom. The summed E-state index contributed by atoms with van der Waals surface area (Å²) in [7, 11) is 0. The molecule has 11 heteroatoms. The summed E-state index contributed by atoms with van der Waals surface area (Å²) in [5, 5.41) is 27.3. The number of unbranched alkanes of at least 4 members (excludes halogenated alkanes) is 1. The van der Waals surface area contributed by atoms with Crippen molar-refractivity contribution in [3.63, 3.8) is 0 Å². The molecule has 3 amide bonds. The Labute approximate surface area is 257 Å². The summed E-state index contributed by atoms with van der Waals surface area (Å²) in [6.45, 7) is 0.403. The van der Waals surface area contributed by atoms with Gasteiger partial charge in [-0.25, -0.2) is 4.79 Å². The summed E-state index contributed by atoms with van der Waals surface area (Å²) >= 11 is 0. The van der Waals surface area contributed by atoms with E-state index in [4.69, 9.17) is 11.5 Å². The van der Waals surface area contributed by atoms with E-state index in [0.29, 0.717) is 19.4 Å². The van der Waals surface area contributed by atoms with Crippen molar-refractivity contribution in [1.29, 1.82) is 0 Å². The summed E-state index contributed by atoms with van der Waals surface area (Å²) in [5.41, 5.74) is 14.0. The van der Waals surface area contributed by atoms with Crippen molar-refractivity contribution in [2.75, 3.05) is 6.54 Å².